The minimum atomic E-state index is -3.05. The van der Waals surface area contributed by atoms with Gasteiger partial charge in [0.2, 0.25) is 0 Å². The molecule has 1 unspecified atom stereocenters. The molecule has 0 aromatic heterocycles. The number of aliphatic imine (C=N–C) groups is 1. The summed E-state index contributed by atoms with van der Waals surface area (Å²) in [6.45, 7) is 11.3. The number of nitrogens with zero attached hydrogens (tertiary/aromatic N) is 3. The Morgan fingerprint density at radius 2 is 2.00 bits per heavy atom. The molecule has 28 heavy (non-hydrogen) atoms. The molecular weight excluding hydrogens is 487 g/mol. The molecule has 2 aliphatic rings. The second-order valence-electron chi connectivity index (χ2n) is 8.12. The van der Waals surface area contributed by atoms with Gasteiger partial charge in [-0.15, -0.1) is 24.0 Å². The maximum absolute atomic E-state index is 12.3. The van der Waals surface area contributed by atoms with E-state index in [0.717, 1.165) is 25.5 Å². The van der Waals surface area contributed by atoms with Gasteiger partial charge in [-0.1, -0.05) is 18.2 Å². The number of nitrogens with one attached hydrogen (secondary N) is 1. The molecule has 0 radical (unpaired) electrons. The first-order valence-electron chi connectivity index (χ1n) is 9.85. The van der Waals surface area contributed by atoms with Gasteiger partial charge in [-0.25, -0.2) is 8.42 Å². The summed E-state index contributed by atoms with van der Waals surface area (Å²) in [4.78, 5) is 9.38. The van der Waals surface area contributed by atoms with Gasteiger partial charge in [0.05, 0.1) is 17.0 Å². The van der Waals surface area contributed by atoms with E-state index >= 15 is 0 Å². The van der Waals surface area contributed by atoms with Crippen LogP contribution in [0.4, 0.5) is 5.69 Å². The molecule has 0 bridgehead atoms. The van der Waals surface area contributed by atoms with Gasteiger partial charge in [-0.2, -0.15) is 0 Å². The summed E-state index contributed by atoms with van der Waals surface area (Å²) in [6.07, 6.45) is 1.09. The van der Waals surface area contributed by atoms with Crippen LogP contribution in [0.1, 0.15) is 33.3 Å². The molecule has 1 fully saturated rings. The molecule has 0 amide bonds. The first kappa shape index (κ1) is 23.3. The number of sulfone groups is 1. The van der Waals surface area contributed by atoms with Gasteiger partial charge in [-0.3, -0.25) is 4.99 Å². The van der Waals surface area contributed by atoms with Crippen LogP contribution >= 0.6 is 24.0 Å². The van der Waals surface area contributed by atoms with Crippen molar-refractivity contribution in [3.05, 3.63) is 29.8 Å². The van der Waals surface area contributed by atoms with Gasteiger partial charge in [-0.05, 0) is 45.7 Å². The lowest BCUT2D eigenvalue weighted by atomic mass is 10.2. The fourth-order valence-corrected chi connectivity index (χ4v) is 5.25. The van der Waals surface area contributed by atoms with Crippen LogP contribution in [-0.2, 0) is 16.3 Å². The molecule has 0 spiro atoms. The Hall–Kier alpha value is -1.03. The first-order valence-corrected chi connectivity index (χ1v) is 11.5. The van der Waals surface area contributed by atoms with E-state index < -0.39 is 14.6 Å². The summed E-state index contributed by atoms with van der Waals surface area (Å²) >= 11 is 0. The number of guanidine groups is 1. The summed E-state index contributed by atoms with van der Waals surface area (Å²) in [5.74, 6) is 0.999. The molecule has 1 N–H and O–H groups in total. The van der Waals surface area contributed by atoms with Crippen LogP contribution in [-0.4, -0.2) is 68.5 Å². The number of hydrogen-bond donors (Lipinski definition) is 1. The highest BCUT2D eigenvalue weighted by Crippen LogP contribution is 2.29. The van der Waals surface area contributed by atoms with Crippen molar-refractivity contribution in [3.63, 3.8) is 0 Å². The van der Waals surface area contributed by atoms with Crippen molar-refractivity contribution in [2.75, 3.05) is 43.4 Å². The van der Waals surface area contributed by atoms with E-state index in [-0.39, 0.29) is 29.7 Å². The average molecular weight is 520 g/mol. The van der Waals surface area contributed by atoms with Crippen LogP contribution < -0.4 is 10.2 Å². The lowest BCUT2D eigenvalue weighted by Gasteiger charge is -2.39. The van der Waals surface area contributed by atoms with Crippen LogP contribution in [0.15, 0.2) is 29.3 Å². The number of para-hydroxylation sites is 1. The topological polar surface area (TPSA) is 65.0 Å². The largest absolute Gasteiger partial charge is 0.366 e. The van der Waals surface area contributed by atoms with Gasteiger partial charge in [0.25, 0.3) is 0 Å². The zero-order chi connectivity index (χ0) is 19.7. The molecular formula is C20H33IN4O2S. The van der Waals surface area contributed by atoms with Crippen molar-refractivity contribution in [2.45, 2.75) is 44.9 Å². The quantitative estimate of drug-likeness (QED) is 0.376. The molecule has 1 aromatic carbocycles. The van der Waals surface area contributed by atoms with Crippen molar-refractivity contribution in [1.29, 1.82) is 0 Å². The fourth-order valence-electron chi connectivity index (χ4n) is 3.89. The molecule has 8 heteroatoms. The van der Waals surface area contributed by atoms with E-state index in [1.165, 1.54) is 11.3 Å². The van der Waals surface area contributed by atoms with Crippen LogP contribution in [0.2, 0.25) is 0 Å². The molecule has 1 atom stereocenters. The number of hydrogen-bond acceptors (Lipinski definition) is 4. The standard InChI is InChI=1S/C20H32N4O2S.HI/c1-5-21-19(23-12-13-27(25,26)20(3,4)15-23)22-14-16(2)24-11-10-17-8-6-7-9-18(17)24;/h6-9,16H,5,10-15H2,1-4H3,(H,21,22);1H. The Labute approximate surface area is 186 Å². The Balaban J connectivity index is 0.00000280. The van der Waals surface area contributed by atoms with Crippen LogP contribution in [0.25, 0.3) is 0 Å². The average Bonchev–Trinajstić information content (AvgIpc) is 3.05. The third-order valence-electron chi connectivity index (χ3n) is 5.64. The predicted octanol–water partition coefficient (Wildman–Crippen LogP) is 2.53. The van der Waals surface area contributed by atoms with Gasteiger partial charge in [0, 0.05) is 37.9 Å². The van der Waals surface area contributed by atoms with E-state index in [4.69, 9.17) is 4.99 Å². The molecule has 1 saturated heterocycles. The number of rotatable bonds is 4. The summed E-state index contributed by atoms with van der Waals surface area (Å²) in [5.41, 5.74) is 2.72. The fraction of sp³-hybridized carbons (Fsp3) is 0.650. The van der Waals surface area contributed by atoms with Gasteiger partial charge >= 0.3 is 0 Å². The summed E-state index contributed by atoms with van der Waals surface area (Å²) in [6, 6.07) is 8.87. The van der Waals surface area contributed by atoms with Crippen molar-refractivity contribution < 1.29 is 8.42 Å². The van der Waals surface area contributed by atoms with E-state index in [0.29, 0.717) is 25.7 Å². The molecule has 6 nitrogen and oxygen atoms in total. The van der Waals surface area contributed by atoms with Crippen LogP contribution in [0, 0.1) is 0 Å². The molecule has 0 aliphatic carbocycles. The minimum Gasteiger partial charge on any atom is -0.366 e. The normalized spacial score (nSPS) is 21.6. The number of benzene rings is 1. The third-order valence-corrected chi connectivity index (χ3v) is 8.17. The first-order chi connectivity index (χ1) is 12.7. The number of fused-ring (bicyclic) bond motifs is 1. The molecule has 158 valence electrons. The van der Waals surface area contributed by atoms with Gasteiger partial charge in [0.15, 0.2) is 15.8 Å². The van der Waals surface area contributed by atoms with E-state index in [1.807, 2.05) is 20.8 Å². The second-order valence-corrected chi connectivity index (χ2v) is 10.9. The zero-order valence-electron chi connectivity index (χ0n) is 17.3. The summed E-state index contributed by atoms with van der Waals surface area (Å²) in [7, 11) is -3.05. The molecule has 0 saturated carbocycles. The molecule has 1 aromatic rings. The number of anilines is 1. The SMILES string of the molecule is CCNC(=NCC(C)N1CCc2ccccc21)N1CCS(=O)(=O)C(C)(C)C1.I. The summed E-state index contributed by atoms with van der Waals surface area (Å²) < 4.78 is 23.8. The smallest absolute Gasteiger partial charge is 0.194 e. The predicted molar refractivity (Wildman–Crippen MR) is 128 cm³/mol. The Bertz CT molecular complexity index is 810. The van der Waals surface area contributed by atoms with Crippen LogP contribution in [0.3, 0.4) is 0 Å². The minimum absolute atomic E-state index is 0. The van der Waals surface area contributed by atoms with Gasteiger partial charge in [0.1, 0.15) is 0 Å². The molecule has 2 aliphatic heterocycles. The number of halogens is 1. The van der Waals surface area contributed by atoms with E-state index in [9.17, 15) is 8.42 Å². The Morgan fingerprint density at radius 1 is 1.29 bits per heavy atom. The van der Waals surface area contributed by atoms with Gasteiger partial charge < -0.3 is 15.1 Å². The van der Waals surface area contributed by atoms with E-state index in [2.05, 4.69) is 46.3 Å². The lowest BCUT2D eigenvalue weighted by molar-refractivity contribution is 0.353. The van der Waals surface area contributed by atoms with Crippen molar-refractivity contribution in [1.82, 2.24) is 10.2 Å². The highest BCUT2D eigenvalue weighted by atomic mass is 127. The molecule has 3 rings (SSSR count). The second kappa shape index (κ2) is 9.19. The lowest BCUT2D eigenvalue weighted by Crippen LogP contribution is -2.57. The Morgan fingerprint density at radius 3 is 2.68 bits per heavy atom. The van der Waals surface area contributed by atoms with E-state index in [1.54, 1.807) is 0 Å². The van der Waals surface area contributed by atoms with Crippen molar-refractivity contribution in [2.24, 2.45) is 4.99 Å². The van der Waals surface area contributed by atoms with Crippen LogP contribution in [0.5, 0.6) is 0 Å². The van der Waals surface area contributed by atoms with Crippen molar-refractivity contribution >= 4 is 45.5 Å². The highest BCUT2D eigenvalue weighted by molar-refractivity contribution is 14.0. The third kappa shape index (κ3) is 4.75. The highest BCUT2D eigenvalue weighted by Gasteiger charge is 2.41. The zero-order valence-corrected chi connectivity index (χ0v) is 20.5. The summed E-state index contributed by atoms with van der Waals surface area (Å²) in [5, 5.41) is 3.35. The van der Waals surface area contributed by atoms with Crippen molar-refractivity contribution in [3.8, 4) is 0 Å². The monoisotopic (exact) mass is 520 g/mol. The Kier molecular flexibility index (Phi) is 7.63. The maximum Gasteiger partial charge on any atom is 0.194 e. The molecule has 2 heterocycles. The maximum atomic E-state index is 12.3.